The largest absolute Gasteiger partial charge is 0.492 e. The third-order valence-corrected chi connectivity index (χ3v) is 6.79. The van der Waals surface area contributed by atoms with Crippen molar-refractivity contribution in [2.75, 3.05) is 6.61 Å². The lowest BCUT2D eigenvalue weighted by Crippen LogP contribution is -2.14. The van der Waals surface area contributed by atoms with Crippen LogP contribution >= 0.6 is 0 Å². The Morgan fingerprint density at radius 1 is 1.00 bits per heavy atom. The molecule has 5 nitrogen and oxygen atoms in total. The third-order valence-electron chi connectivity index (χ3n) is 6.79. The minimum absolute atomic E-state index is 0.136. The molecule has 2 aromatic rings. The molecule has 33 heavy (non-hydrogen) atoms. The van der Waals surface area contributed by atoms with Gasteiger partial charge in [0.1, 0.15) is 23.5 Å². The van der Waals surface area contributed by atoms with E-state index < -0.39 is 5.97 Å². The number of hydrogen-bond donors (Lipinski definition) is 1. The maximum absolute atomic E-state index is 12.0. The van der Waals surface area contributed by atoms with Crippen molar-refractivity contribution in [1.29, 1.82) is 10.5 Å². The number of rotatable bonds is 9. The quantitative estimate of drug-likeness (QED) is 0.418. The van der Waals surface area contributed by atoms with E-state index in [-0.39, 0.29) is 16.7 Å². The summed E-state index contributed by atoms with van der Waals surface area (Å²) in [6, 6.07) is 13.0. The van der Waals surface area contributed by atoms with Crippen LogP contribution in [-0.2, 0) is 0 Å². The molecule has 0 heterocycles. The lowest BCUT2D eigenvalue weighted by molar-refractivity contribution is 0.0697. The molecule has 0 atom stereocenters. The molecule has 1 aliphatic rings. The smallest absolute Gasteiger partial charge is 0.336 e. The van der Waals surface area contributed by atoms with Crippen LogP contribution in [0.25, 0.3) is 11.1 Å². The summed E-state index contributed by atoms with van der Waals surface area (Å²) in [7, 11) is 0. The van der Waals surface area contributed by atoms with Gasteiger partial charge in [-0.1, -0.05) is 38.7 Å². The minimum atomic E-state index is -1.05. The van der Waals surface area contributed by atoms with Crippen molar-refractivity contribution in [3.63, 3.8) is 0 Å². The Labute approximate surface area is 196 Å². The highest BCUT2D eigenvalue weighted by molar-refractivity contribution is 5.97. The Morgan fingerprint density at radius 2 is 1.73 bits per heavy atom. The monoisotopic (exact) mass is 444 g/mol. The summed E-state index contributed by atoms with van der Waals surface area (Å²) >= 11 is 0. The maximum Gasteiger partial charge on any atom is 0.336 e. The molecule has 1 saturated carbocycles. The molecule has 0 amide bonds. The summed E-state index contributed by atoms with van der Waals surface area (Å²) in [5.41, 5.74) is 2.50. The van der Waals surface area contributed by atoms with Gasteiger partial charge in [0.25, 0.3) is 0 Å². The third kappa shape index (κ3) is 5.55. The SMILES string of the molecule is CCCCC[C@H]1CC[C@H](c2ccc(C(=O)O)c(-c3ccc(OCC)c(C#N)c3C#N)c2)CC1. The Morgan fingerprint density at radius 3 is 2.33 bits per heavy atom. The van der Waals surface area contributed by atoms with E-state index in [1.54, 1.807) is 18.2 Å². The Balaban J connectivity index is 1.96. The van der Waals surface area contributed by atoms with Crippen molar-refractivity contribution in [3.8, 4) is 29.0 Å². The fraction of sp³-hybridized carbons (Fsp3) is 0.464. The molecule has 0 spiro atoms. The number of carbonyl (C=O) groups is 1. The van der Waals surface area contributed by atoms with Gasteiger partial charge in [0, 0.05) is 5.56 Å². The zero-order chi connectivity index (χ0) is 23.8. The highest BCUT2D eigenvalue weighted by atomic mass is 16.5. The zero-order valence-corrected chi connectivity index (χ0v) is 19.6. The summed E-state index contributed by atoms with van der Waals surface area (Å²) < 4.78 is 5.51. The van der Waals surface area contributed by atoms with Gasteiger partial charge in [0.05, 0.1) is 17.7 Å². The predicted octanol–water partition coefficient (Wildman–Crippen LogP) is 7.05. The summed E-state index contributed by atoms with van der Waals surface area (Å²) in [6.45, 7) is 4.42. The van der Waals surface area contributed by atoms with Gasteiger partial charge in [-0.2, -0.15) is 10.5 Å². The van der Waals surface area contributed by atoms with Gasteiger partial charge in [-0.25, -0.2) is 4.79 Å². The van der Waals surface area contributed by atoms with E-state index >= 15 is 0 Å². The van der Waals surface area contributed by atoms with E-state index in [9.17, 15) is 20.4 Å². The standard InChI is InChI=1S/C28H32N2O3/c1-3-5-6-7-19-8-10-20(11-9-19)21-12-13-23(28(31)32)24(16-21)22-14-15-27(33-4-2)26(18-30)25(22)17-29/h12-16,19-20H,3-11H2,1-2H3,(H,31,32)/t19-,20-. The summed E-state index contributed by atoms with van der Waals surface area (Å²) in [5.74, 6) is 0.472. The fourth-order valence-electron chi connectivity index (χ4n) is 5.00. The maximum atomic E-state index is 12.0. The van der Waals surface area contributed by atoms with Crippen molar-refractivity contribution in [2.24, 2.45) is 5.92 Å². The van der Waals surface area contributed by atoms with Crippen LogP contribution in [0.2, 0.25) is 0 Å². The van der Waals surface area contributed by atoms with Crippen molar-refractivity contribution in [3.05, 3.63) is 52.6 Å². The Hall–Kier alpha value is -3.31. The first-order chi connectivity index (χ1) is 16.0. The van der Waals surface area contributed by atoms with E-state index in [0.717, 1.165) is 24.3 Å². The van der Waals surface area contributed by atoms with Crippen LogP contribution in [0.3, 0.4) is 0 Å². The van der Waals surface area contributed by atoms with E-state index in [1.807, 2.05) is 19.1 Å². The molecule has 1 fully saturated rings. The number of ether oxygens (including phenoxy) is 1. The average Bonchev–Trinajstić information content (AvgIpc) is 2.84. The summed E-state index contributed by atoms with van der Waals surface area (Å²) in [4.78, 5) is 12.0. The Bertz CT molecular complexity index is 1070. The van der Waals surface area contributed by atoms with Crippen LogP contribution < -0.4 is 4.74 Å². The molecule has 172 valence electrons. The molecule has 1 N–H and O–H groups in total. The van der Waals surface area contributed by atoms with Crippen LogP contribution in [0.1, 0.15) is 98.2 Å². The molecule has 0 aromatic heterocycles. The molecule has 3 rings (SSSR count). The van der Waals surface area contributed by atoms with Gasteiger partial charge in [-0.05, 0) is 79.8 Å². The molecular weight excluding hydrogens is 412 g/mol. The fourth-order valence-corrected chi connectivity index (χ4v) is 5.00. The van der Waals surface area contributed by atoms with Crippen LogP contribution in [0.4, 0.5) is 0 Å². The molecule has 0 saturated heterocycles. The number of nitrogens with zero attached hydrogens (tertiary/aromatic N) is 2. The molecular formula is C28H32N2O3. The number of carboxylic acids is 1. The van der Waals surface area contributed by atoms with Gasteiger partial charge < -0.3 is 9.84 Å². The number of carboxylic acid groups (broad SMARTS) is 1. The number of hydrogen-bond acceptors (Lipinski definition) is 4. The van der Waals surface area contributed by atoms with E-state index in [4.69, 9.17) is 4.74 Å². The lowest BCUT2D eigenvalue weighted by Gasteiger charge is -2.29. The van der Waals surface area contributed by atoms with Crippen LogP contribution in [0.5, 0.6) is 5.75 Å². The summed E-state index contributed by atoms with van der Waals surface area (Å²) in [6.07, 6.45) is 9.76. The van der Waals surface area contributed by atoms with Gasteiger partial charge in [0.2, 0.25) is 0 Å². The molecule has 5 heteroatoms. The van der Waals surface area contributed by atoms with E-state index in [2.05, 4.69) is 19.1 Å². The normalized spacial score (nSPS) is 17.7. The first-order valence-corrected chi connectivity index (χ1v) is 12.0. The molecule has 0 bridgehead atoms. The molecule has 0 aliphatic heterocycles. The topological polar surface area (TPSA) is 94.1 Å². The van der Waals surface area contributed by atoms with Crippen LogP contribution in [-0.4, -0.2) is 17.7 Å². The summed E-state index contributed by atoms with van der Waals surface area (Å²) in [5, 5.41) is 29.3. The number of benzene rings is 2. The molecule has 2 aromatic carbocycles. The first kappa shape index (κ1) is 24.3. The average molecular weight is 445 g/mol. The van der Waals surface area contributed by atoms with Crippen molar-refractivity contribution < 1.29 is 14.6 Å². The second kappa shape index (κ2) is 11.5. The van der Waals surface area contributed by atoms with E-state index in [1.165, 1.54) is 38.5 Å². The molecule has 0 unspecified atom stereocenters. The number of unbranched alkanes of at least 4 members (excludes halogenated alkanes) is 2. The van der Waals surface area contributed by atoms with Crippen molar-refractivity contribution in [1.82, 2.24) is 0 Å². The second-order valence-corrected chi connectivity index (χ2v) is 8.84. The zero-order valence-electron chi connectivity index (χ0n) is 19.6. The minimum Gasteiger partial charge on any atom is -0.492 e. The Kier molecular flexibility index (Phi) is 8.50. The first-order valence-electron chi connectivity index (χ1n) is 12.0. The highest BCUT2D eigenvalue weighted by Crippen LogP contribution is 2.40. The van der Waals surface area contributed by atoms with Gasteiger partial charge in [-0.3, -0.25) is 0 Å². The van der Waals surface area contributed by atoms with E-state index in [0.29, 0.717) is 29.4 Å². The lowest BCUT2D eigenvalue weighted by atomic mass is 9.76. The predicted molar refractivity (Wildman–Crippen MR) is 128 cm³/mol. The van der Waals surface area contributed by atoms with Gasteiger partial charge in [-0.15, -0.1) is 0 Å². The van der Waals surface area contributed by atoms with Crippen LogP contribution in [0.15, 0.2) is 30.3 Å². The molecule has 0 radical (unpaired) electrons. The van der Waals surface area contributed by atoms with Crippen molar-refractivity contribution in [2.45, 2.75) is 71.1 Å². The number of nitriles is 2. The highest BCUT2D eigenvalue weighted by Gasteiger charge is 2.25. The van der Waals surface area contributed by atoms with Gasteiger partial charge in [0.15, 0.2) is 0 Å². The number of aromatic carboxylic acids is 1. The molecule has 1 aliphatic carbocycles. The van der Waals surface area contributed by atoms with Crippen molar-refractivity contribution >= 4 is 5.97 Å². The van der Waals surface area contributed by atoms with Crippen LogP contribution in [0, 0.1) is 28.6 Å². The second-order valence-electron chi connectivity index (χ2n) is 8.84. The van der Waals surface area contributed by atoms with Gasteiger partial charge >= 0.3 is 5.97 Å².